The number of nitrogens with one attached hydrogen (secondary N) is 1. The molecule has 1 aliphatic heterocycles. The number of carbonyl (C=O) groups excluding carboxylic acids is 1. The standard InChI is InChI=1S/C19H21ClN2O/c20-17-10-8-15(9-11-17)13-22-12-4-5-16(14-22)19(23)21-18-6-2-1-3-7-18/h1-3,6-11,16H,4-5,12-14H2,(H,21,23)/t16-/m1/s1. The first-order valence-corrected chi connectivity index (χ1v) is 8.41. The van der Waals surface area contributed by atoms with Crippen molar-refractivity contribution in [1.82, 2.24) is 4.90 Å². The normalized spacial score (nSPS) is 18.6. The van der Waals surface area contributed by atoms with Crippen LogP contribution in [0.2, 0.25) is 5.02 Å². The molecule has 0 saturated carbocycles. The molecule has 4 heteroatoms. The average molecular weight is 329 g/mol. The maximum absolute atomic E-state index is 12.5. The molecule has 0 unspecified atom stereocenters. The van der Waals surface area contributed by atoms with E-state index in [-0.39, 0.29) is 11.8 Å². The highest BCUT2D eigenvalue weighted by molar-refractivity contribution is 6.30. The average Bonchev–Trinajstić information content (AvgIpc) is 2.58. The Bertz CT molecular complexity index is 642. The molecule has 3 nitrogen and oxygen atoms in total. The molecule has 0 radical (unpaired) electrons. The predicted octanol–water partition coefficient (Wildman–Crippen LogP) is 4.19. The second-order valence-corrected chi connectivity index (χ2v) is 6.49. The van der Waals surface area contributed by atoms with Gasteiger partial charge in [-0.15, -0.1) is 0 Å². The van der Waals surface area contributed by atoms with Gasteiger partial charge in [0.2, 0.25) is 5.91 Å². The van der Waals surface area contributed by atoms with Crippen LogP contribution >= 0.6 is 11.6 Å². The monoisotopic (exact) mass is 328 g/mol. The fraction of sp³-hybridized carbons (Fsp3) is 0.316. The Morgan fingerprint density at radius 2 is 1.87 bits per heavy atom. The number of carbonyl (C=O) groups is 1. The van der Waals surface area contributed by atoms with E-state index in [1.54, 1.807) is 0 Å². The number of anilines is 1. The van der Waals surface area contributed by atoms with Crippen molar-refractivity contribution in [3.05, 3.63) is 65.2 Å². The van der Waals surface area contributed by atoms with Crippen LogP contribution in [-0.2, 0) is 11.3 Å². The fourth-order valence-corrected chi connectivity index (χ4v) is 3.15. The molecule has 120 valence electrons. The molecule has 0 bridgehead atoms. The van der Waals surface area contributed by atoms with Crippen LogP contribution in [0.25, 0.3) is 0 Å². The molecule has 1 heterocycles. The summed E-state index contributed by atoms with van der Waals surface area (Å²) in [7, 11) is 0. The summed E-state index contributed by atoms with van der Waals surface area (Å²) in [6.07, 6.45) is 2.01. The lowest BCUT2D eigenvalue weighted by molar-refractivity contribution is -0.121. The van der Waals surface area contributed by atoms with Crippen molar-refractivity contribution < 1.29 is 4.79 Å². The van der Waals surface area contributed by atoms with E-state index in [1.165, 1.54) is 5.56 Å². The topological polar surface area (TPSA) is 32.3 Å². The zero-order valence-electron chi connectivity index (χ0n) is 13.0. The first kappa shape index (κ1) is 16.0. The summed E-state index contributed by atoms with van der Waals surface area (Å²) in [4.78, 5) is 14.8. The van der Waals surface area contributed by atoms with E-state index in [0.29, 0.717) is 0 Å². The molecule has 1 aliphatic rings. The van der Waals surface area contributed by atoms with Gasteiger partial charge in [0.1, 0.15) is 0 Å². The Balaban J connectivity index is 1.57. The van der Waals surface area contributed by atoms with Crippen molar-refractivity contribution in [1.29, 1.82) is 0 Å². The molecule has 0 aliphatic carbocycles. The van der Waals surface area contributed by atoms with Crippen molar-refractivity contribution in [2.24, 2.45) is 5.92 Å². The molecule has 0 aromatic heterocycles. The SMILES string of the molecule is O=C(Nc1ccccc1)[C@@H]1CCCN(Cc2ccc(Cl)cc2)C1. The molecule has 3 rings (SSSR count). The van der Waals surface area contributed by atoms with Crippen LogP contribution in [0.1, 0.15) is 18.4 Å². The lowest BCUT2D eigenvalue weighted by atomic mass is 9.96. The highest BCUT2D eigenvalue weighted by Gasteiger charge is 2.25. The highest BCUT2D eigenvalue weighted by Crippen LogP contribution is 2.21. The number of halogens is 1. The van der Waals surface area contributed by atoms with E-state index < -0.39 is 0 Å². The number of hydrogen-bond acceptors (Lipinski definition) is 2. The van der Waals surface area contributed by atoms with Crippen LogP contribution in [0.5, 0.6) is 0 Å². The van der Waals surface area contributed by atoms with Crippen molar-refractivity contribution in [3.8, 4) is 0 Å². The molecule has 23 heavy (non-hydrogen) atoms. The van der Waals surface area contributed by atoms with Gasteiger partial charge < -0.3 is 5.32 Å². The predicted molar refractivity (Wildman–Crippen MR) is 94.5 cm³/mol. The fourth-order valence-electron chi connectivity index (χ4n) is 3.03. The van der Waals surface area contributed by atoms with Crippen LogP contribution in [0.3, 0.4) is 0 Å². The van der Waals surface area contributed by atoms with Gasteiger partial charge in [-0.1, -0.05) is 41.9 Å². The lowest BCUT2D eigenvalue weighted by Gasteiger charge is -2.32. The van der Waals surface area contributed by atoms with Crippen molar-refractivity contribution in [2.45, 2.75) is 19.4 Å². The molecule has 0 spiro atoms. The largest absolute Gasteiger partial charge is 0.326 e. The Morgan fingerprint density at radius 3 is 2.61 bits per heavy atom. The van der Waals surface area contributed by atoms with Gasteiger partial charge in [-0.3, -0.25) is 9.69 Å². The molecule has 1 saturated heterocycles. The summed E-state index contributed by atoms with van der Waals surface area (Å²) in [5.74, 6) is 0.174. The minimum Gasteiger partial charge on any atom is -0.326 e. The van der Waals surface area contributed by atoms with Crippen molar-refractivity contribution in [2.75, 3.05) is 18.4 Å². The number of benzene rings is 2. The number of likely N-dealkylation sites (tertiary alicyclic amines) is 1. The van der Waals surface area contributed by atoms with Gasteiger partial charge in [0.05, 0.1) is 5.92 Å². The quantitative estimate of drug-likeness (QED) is 0.912. The number of piperidine rings is 1. The molecule has 1 N–H and O–H groups in total. The third-order valence-electron chi connectivity index (χ3n) is 4.24. The van der Waals surface area contributed by atoms with E-state index in [2.05, 4.69) is 22.3 Å². The molecule has 1 fully saturated rings. The first-order valence-electron chi connectivity index (χ1n) is 8.03. The van der Waals surface area contributed by atoms with Crippen LogP contribution < -0.4 is 5.32 Å². The minimum atomic E-state index is 0.0521. The maximum Gasteiger partial charge on any atom is 0.228 e. The molecule has 2 aromatic carbocycles. The van der Waals surface area contributed by atoms with Gasteiger partial charge in [-0.2, -0.15) is 0 Å². The van der Waals surface area contributed by atoms with Crippen LogP contribution in [0.15, 0.2) is 54.6 Å². The summed E-state index contributed by atoms with van der Waals surface area (Å²) in [5, 5.41) is 3.78. The van der Waals surface area contributed by atoms with Gasteiger partial charge in [-0.05, 0) is 49.2 Å². The summed E-state index contributed by atoms with van der Waals surface area (Å²) < 4.78 is 0. The van der Waals surface area contributed by atoms with E-state index in [9.17, 15) is 4.79 Å². The zero-order chi connectivity index (χ0) is 16.1. The Morgan fingerprint density at radius 1 is 1.13 bits per heavy atom. The third kappa shape index (κ3) is 4.57. The highest BCUT2D eigenvalue weighted by atomic mass is 35.5. The summed E-state index contributed by atoms with van der Waals surface area (Å²) in [6.45, 7) is 2.71. The number of hydrogen-bond donors (Lipinski definition) is 1. The summed E-state index contributed by atoms with van der Waals surface area (Å²) in [5.41, 5.74) is 2.10. The van der Waals surface area contributed by atoms with Crippen LogP contribution in [-0.4, -0.2) is 23.9 Å². The maximum atomic E-state index is 12.5. The first-order chi connectivity index (χ1) is 11.2. The van der Waals surface area contributed by atoms with Crippen molar-refractivity contribution in [3.63, 3.8) is 0 Å². The van der Waals surface area contributed by atoms with Crippen LogP contribution in [0, 0.1) is 5.92 Å². The minimum absolute atomic E-state index is 0.0521. The molecule has 1 amide bonds. The van der Waals surface area contributed by atoms with Crippen LogP contribution in [0.4, 0.5) is 5.69 Å². The van der Waals surface area contributed by atoms with Crippen molar-refractivity contribution >= 4 is 23.2 Å². The number of rotatable bonds is 4. The van der Waals surface area contributed by atoms with Gasteiger partial charge >= 0.3 is 0 Å². The third-order valence-corrected chi connectivity index (χ3v) is 4.49. The molecular weight excluding hydrogens is 308 g/mol. The summed E-state index contributed by atoms with van der Waals surface area (Å²) in [6, 6.07) is 17.6. The Labute approximate surface area is 142 Å². The zero-order valence-corrected chi connectivity index (χ0v) is 13.8. The molecular formula is C19H21ClN2O. The molecule has 1 atom stereocenters. The summed E-state index contributed by atoms with van der Waals surface area (Å²) >= 11 is 5.93. The number of nitrogens with zero attached hydrogens (tertiary/aromatic N) is 1. The van der Waals surface area contributed by atoms with E-state index in [4.69, 9.17) is 11.6 Å². The van der Waals surface area contributed by atoms with E-state index >= 15 is 0 Å². The van der Waals surface area contributed by atoms with Gasteiger partial charge in [0.15, 0.2) is 0 Å². The second kappa shape index (κ2) is 7.62. The van der Waals surface area contributed by atoms with Gasteiger partial charge in [0.25, 0.3) is 0 Å². The molecule has 2 aromatic rings. The Hall–Kier alpha value is -1.84. The second-order valence-electron chi connectivity index (χ2n) is 6.06. The smallest absolute Gasteiger partial charge is 0.228 e. The van der Waals surface area contributed by atoms with Gasteiger partial charge in [-0.25, -0.2) is 0 Å². The van der Waals surface area contributed by atoms with E-state index in [1.807, 2.05) is 42.5 Å². The number of amides is 1. The lowest BCUT2D eigenvalue weighted by Crippen LogP contribution is -2.40. The number of para-hydroxylation sites is 1. The van der Waals surface area contributed by atoms with E-state index in [0.717, 1.165) is 43.2 Å². The Kier molecular flexibility index (Phi) is 5.31. The van der Waals surface area contributed by atoms with Gasteiger partial charge in [0, 0.05) is 23.8 Å².